The van der Waals surface area contributed by atoms with E-state index < -0.39 is 0 Å². The van der Waals surface area contributed by atoms with Crippen LogP contribution in [0.15, 0.2) is 66.0 Å². The number of anilines is 1. The highest BCUT2D eigenvalue weighted by atomic mass is 35.5. The van der Waals surface area contributed by atoms with Gasteiger partial charge in [-0.3, -0.25) is 9.36 Å². The van der Waals surface area contributed by atoms with Crippen molar-refractivity contribution in [2.24, 2.45) is 0 Å². The first-order valence-electron chi connectivity index (χ1n) is 8.84. The summed E-state index contributed by atoms with van der Waals surface area (Å²) in [5.41, 5.74) is 2.79. The van der Waals surface area contributed by atoms with Crippen molar-refractivity contribution in [3.63, 3.8) is 0 Å². The molecule has 3 aromatic heterocycles. The second kappa shape index (κ2) is 6.47. The molecular weight excluding hydrogens is 378 g/mol. The third kappa shape index (κ3) is 2.85. The molecular formula is C20H16ClN5O2. The van der Waals surface area contributed by atoms with Crippen LogP contribution in [0, 0.1) is 0 Å². The summed E-state index contributed by atoms with van der Waals surface area (Å²) in [7, 11) is 0. The van der Waals surface area contributed by atoms with Gasteiger partial charge in [-0.05, 0) is 35.9 Å². The molecule has 0 spiro atoms. The minimum Gasteiger partial charge on any atom is -0.389 e. The van der Waals surface area contributed by atoms with Crippen molar-refractivity contribution in [2.75, 3.05) is 18.0 Å². The number of pyridine rings is 1. The monoisotopic (exact) mass is 393 g/mol. The number of aliphatic hydroxyl groups excluding tert-OH is 1. The maximum Gasteiger partial charge on any atom is 0.282 e. The molecule has 1 aliphatic heterocycles. The minimum absolute atomic E-state index is 0.177. The highest BCUT2D eigenvalue weighted by molar-refractivity contribution is 6.30. The molecule has 5 rings (SSSR count). The average Bonchev–Trinajstić information content (AvgIpc) is 3.12. The van der Waals surface area contributed by atoms with Gasteiger partial charge in [0.1, 0.15) is 17.7 Å². The molecule has 0 radical (unpaired) electrons. The molecule has 1 saturated heterocycles. The quantitative estimate of drug-likeness (QED) is 0.578. The molecule has 1 aromatic carbocycles. The number of nitrogens with zero attached hydrogens (tertiary/aromatic N) is 5. The summed E-state index contributed by atoms with van der Waals surface area (Å²) in [6.45, 7) is 1.16. The first-order valence-corrected chi connectivity index (χ1v) is 9.22. The van der Waals surface area contributed by atoms with Crippen molar-refractivity contribution >= 4 is 22.9 Å². The molecule has 7 nitrogen and oxygen atoms in total. The first-order chi connectivity index (χ1) is 13.6. The van der Waals surface area contributed by atoms with Crippen LogP contribution in [0.5, 0.6) is 0 Å². The lowest BCUT2D eigenvalue weighted by atomic mass is 10.1. The molecule has 1 fully saturated rings. The van der Waals surface area contributed by atoms with Gasteiger partial charge in [0.15, 0.2) is 0 Å². The highest BCUT2D eigenvalue weighted by Crippen LogP contribution is 2.23. The molecule has 0 bridgehead atoms. The van der Waals surface area contributed by atoms with E-state index in [9.17, 15) is 9.90 Å². The molecule has 140 valence electrons. The summed E-state index contributed by atoms with van der Waals surface area (Å²) >= 11 is 5.95. The van der Waals surface area contributed by atoms with Crippen LogP contribution >= 0.6 is 11.6 Å². The molecule has 4 heterocycles. The van der Waals surface area contributed by atoms with E-state index in [-0.39, 0.29) is 11.7 Å². The Morgan fingerprint density at radius 3 is 2.54 bits per heavy atom. The van der Waals surface area contributed by atoms with E-state index in [0.717, 1.165) is 16.9 Å². The summed E-state index contributed by atoms with van der Waals surface area (Å²) in [6.07, 6.45) is 4.66. The minimum atomic E-state index is -0.292. The normalized spacial score (nSPS) is 14.4. The fourth-order valence-corrected chi connectivity index (χ4v) is 3.45. The first kappa shape index (κ1) is 17.0. The van der Waals surface area contributed by atoms with Crippen LogP contribution in [0.3, 0.4) is 0 Å². The fraction of sp³-hybridized carbons (Fsp3) is 0.150. The zero-order valence-corrected chi connectivity index (χ0v) is 15.5. The Labute approximate surface area is 165 Å². The lowest BCUT2D eigenvalue weighted by molar-refractivity contribution is 0.141. The number of halogens is 1. The molecule has 4 aromatic rings. The molecule has 0 amide bonds. The zero-order chi connectivity index (χ0) is 19.3. The predicted molar refractivity (Wildman–Crippen MR) is 107 cm³/mol. The Balaban J connectivity index is 1.51. The van der Waals surface area contributed by atoms with Gasteiger partial charge in [-0.25, -0.2) is 9.50 Å². The van der Waals surface area contributed by atoms with E-state index in [1.165, 1.54) is 10.9 Å². The van der Waals surface area contributed by atoms with Gasteiger partial charge in [0.2, 0.25) is 0 Å². The molecule has 0 atom stereocenters. The molecule has 0 unspecified atom stereocenters. The van der Waals surface area contributed by atoms with E-state index in [0.29, 0.717) is 29.3 Å². The Morgan fingerprint density at radius 2 is 1.86 bits per heavy atom. The van der Waals surface area contributed by atoms with E-state index in [4.69, 9.17) is 11.6 Å². The summed E-state index contributed by atoms with van der Waals surface area (Å²) in [4.78, 5) is 19.3. The summed E-state index contributed by atoms with van der Waals surface area (Å²) in [5.74, 6) is 0.781. The van der Waals surface area contributed by atoms with E-state index >= 15 is 0 Å². The van der Waals surface area contributed by atoms with Crippen LogP contribution < -0.4 is 10.5 Å². The van der Waals surface area contributed by atoms with Gasteiger partial charge < -0.3 is 10.0 Å². The number of hydrogen-bond acceptors (Lipinski definition) is 5. The number of rotatable bonds is 3. The lowest BCUT2D eigenvalue weighted by Crippen LogP contribution is -2.51. The van der Waals surface area contributed by atoms with E-state index in [1.807, 2.05) is 53.6 Å². The smallest absolute Gasteiger partial charge is 0.282 e. The third-order valence-corrected chi connectivity index (χ3v) is 5.16. The van der Waals surface area contributed by atoms with Crippen molar-refractivity contribution in [3.05, 3.63) is 76.6 Å². The summed E-state index contributed by atoms with van der Waals surface area (Å²) in [6, 6.07) is 12.9. The van der Waals surface area contributed by atoms with Crippen LogP contribution in [0.1, 0.15) is 0 Å². The number of β-amino-alcohol motifs (C(OH)–C–C–N with tert-alkyl or cyclic N) is 1. The zero-order valence-electron chi connectivity index (χ0n) is 14.7. The second-order valence-electron chi connectivity index (χ2n) is 6.80. The van der Waals surface area contributed by atoms with Gasteiger partial charge in [0.05, 0.1) is 18.0 Å². The number of aliphatic hydroxyl groups is 1. The predicted octanol–water partition coefficient (Wildman–Crippen LogP) is 2.38. The molecule has 1 N–H and O–H groups in total. The van der Waals surface area contributed by atoms with Crippen LogP contribution in [0.25, 0.3) is 22.3 Å². The largest absolute Gasteiger partial charge is 0.389 e. The van der Waals surface area contributed by atoms with E-state index in [2.05, 4.69) is 10.1 Å². The van der Waals surface area contributed by atoms with Crippen LogP contribution in [-0.2, 0) is 0 Å². The van der Waals surface area contributed by atoms with Crippen molar-refractivity contribution in [1.82, 2.24) is 19.2 Å². The van der Waals surface area contributed by atoms with Crippen LogP contribution in [0.4, 0.5) is 5.82 Å². The van der Waals surface area contributed by atoms with Crippen molar-refractivity contribution in [1.29, 1.82) is 0 Å². The molecule has 1 aliphatic rings. The van der Waals surface area contributed by atoms with Gasteiger partial charge in [-0.2, -0.15) is 5.10 Å². The maximum absolute atomic E-state index is 13.0. The third-order valence-electron chi connectivity index (χ3n) is 4.90. The van der Waals surface area contributed by atoms with Crippen LogP contribution in [-0.4, -0.2) is 43.5 Å². The molecule has 0 aliphatic carbocycles. The van der Waals surface area contributed by atoms with Gasteiger partial charge >= 0.3 is 0 Å². The standard InChI is InChI=1S/C20H16ClN5O2/c21-15-3-1-13(2-4-15)14-7-18-20(28)25(12-23-26(18)9-14)16-5-6-19(22-8-16)24-10-17(27)11-24/h1-9,12,17,27H,10-11H2. The van der Waals surface area contributed by atoms with Crippen molar-refractivity contribution < 1.29 is 5.11 Å². The Morgan fingerprint density at radius 1 is 1.07 bits per heavy atom. The second-order valence-corrected chi connectivity index (χ2v) is 7.24. The number of hydrogen-bond donors (Lipinski definition) is 1. The topological polar surface area (TPSA) is 75.7 Å². The maximum atomic E-state index is 13.0. The summed E-state index contributed by atoms with van der Waals surface area (Å²) < 4.78 is 3.05. The van der Waals surface area contributed by atoms with Gasteiger partial charge in [0.25, 0.3) is 5.56 Å². The Bertz CT molecular complexity index is 1210. The van der Waals surface area contributed by atoms with Gasteiger partial charge in [0, 0.05) is 29.9 Å². The number of benzene rings is 1. The highest BCUT2D eigenvalue weighted by Gasteiger charge is 2.25. The molecule has 28 heavy (non-hydrogen) atoms. The summed E-state index contributed by atoms with van der Waals surface area (Å²) in [5, 5.41) is 14.4. The SMILES string of the molecule is O=c1c2cc(-c3ccc(Cl)cc3)cn2ncn1-c1ccc(N2CC(O)C2)nc1. The fourth-order valence-electron chi connectivity index (χ4n) is 3.32. The Kier molecular flexibility index (Phi) is 3.92. The van der Waals surface area contributed by atoms with Crippen LogP contribution in [0.2, 0.25) is 5.02 Å². The van der Waals surface area contributed by atoms with Crippen molar-refractivity contribution in [3.8, 4) is 16.8 Å². The van der Waals surface area contributed by atoms with Crippen molar-refractivity contribution in [2.45, 2.75) is 6.10 Å². The number of aromatic nitrogens is 4. The van der Waals surface area contributed by atoms with E-state index in [1.54, 1.807) is 10.7 Å². The molecule has 0 saturated carbocycles. The van der Waals surface area contributed by atoms with Gasteiger partial charge in [-0.15, -0.1) is 0 Å². The molecule has 8 heteroatoms. The number of fused-ring (bicyclic) bond motifs is 1. The average molecular weight is 394 g/mol. The lowest BCUT2D eigenvalue weighted by Gasteiger charge is -2.36. The Hall–Kier alpha value is -3.16. The van der Waals surface area contributed by atoms with Gasteiger partial charge in [-0.1, -0.05) is 23.7 Å².